The molecule has 168 valence electrons. The summed E-state index contributed by atoms with van der Waals surface area (Å²) in [7, 11) is 1.73. The third-order valence-corrected chi connectivity index (χ3v) is 6.90. The van der Waals surface area contributed by atoms with Crippen molar-refractivity contribution in [2.75, 3.05) is 20.3 Å². The van der Waals surface area contributed by atoms with Gasteiger partial charge in [0.25, 0.3) is 0 Å². The van der Waals surface area contributed by atoms with Crippen LogP contribution < -0.4 is 5.32 Å². The van der Waals surface area contributed by atoms with E-state index in [1.165, 1.54) is 22.5 Å². The highest BCUT2D eigenvalue weighted by Crippen LogP contribution is 2.43. The van der Waals surface area contributed by atoms with E-state index in [1.54, 1.807) is 7.11 Å². The summed E-state index contributed by atoms with van der Waals surface area (Å²) in [6, 6.07) is 14.0. The molecule has 2 aromatic heterocycles. The second-order valence-corrected chi connectivity index (χ2v) is 9.01. The minimum absolute atomic E-state index is 0.0294. The lowest BCUT2D eigenvalue weighted by molar-refractivity contribution is 0.180. The summed E-state index contributed by atoms with van der Waals surface area (Å²) < 4.78 is 7.60. The van der Waals surface area contributed by atoms with Gasteiger partial charge in [0, 0.05) is 54.1 Å². The average molecular weight is 469 g/mol. The molecular weight excluding hydrogens is 440 g/mol. The monoisotopic (exact) mass is 468 g/mol. The molecule has 1 N–H and O–H groups in total. The first kappa shape index (κ1) is 22.8. The molecule has 1 aliphatic heterocycles. The second kappa shape index (κ2) is 9.61. The number of methoxy groups -OCH3 is 1. The van der Waals surface area contributed by atoms with Crippen LogP contribution in [0.15, 0.2) is 48.7 Å². The predicted octanol–water partition coefficient (Wildman–Crippen LogP) is 5.46. The molecule has 3 aromatic rings. The SMILES string of the molecule is COCCCN1C(=S)N[C@H](c2ccccn2)[C@H]1c1c(C)c(C)n(-c2cccc(Cl)c2)c1C. The second-order valence-electron chi connectivity index (χ2n) is 8.19. The Morgan fingerprint density at radius 3 is 2.62 bits per heavy atom. The molecule has 0 aliphatic carbocycles. The number of benzene rings is 1. The van der Waals surface area contributed by atoms with Gasteiger partial charge in [0.05, 0.1) is 17.8 Å². The zero-order valence-electron chi connectivity index (χ0n) is 18.9. The maximum Gasteiger partial charge on any atom is 0.170 e. The minimum Gasteiger partial charge on any atom is -0.385 e. The van der Waals surface area contributed by atoms with Crippen molar-refractivity contribution in [1.82, 2.24) is 19.8 Å². The zero-order valence-corrected chi connectivity index (χ0v) is 20.5. The van der Waals surface area contributed by atoms with Crippen molar-refractivity contribution >= 4 is 28.9 Å². The zero-order chi connectivity index (χ0) is 22.8. The molecule has 2 atom stereocenters. The number of hydrogen-bond donors (Lipinski definition) is 1. The van der Waals surface area contributed by atoms with Crippen LogP contribution in [-0.2, 0) is 4.74 Å². The van der Waals surface area contributed by atoms with E-state index in [4.69, 9.17) is 28.6 Å². The first-order valence-electron chi connectivity index (χ1n) is 10.9. The third-order valence-electron chi connectivity index (χ3n) is 6.31. The molecule has 1 saturated heterocycles. The summed E-state index contributed by atoms with van der Waals surface area (Å²) in [5.41, 5.74) is 6.99. The lowest BCUT2D eigenvalue weighted by Crippen LogP contribution is -2.31. The summed E-state index contributed by atoms with van der Waals surface area (Å²) in [5.74, 6) is 0. The van der Waals surface area contributed by atoms with Gasteiger partial charge in [-0.25, -0.2) is 0 Å². The van der Waals surface area contributed by atoms with Crippen molar-refractivity contribution in [3.8, 4) is 5.69 Å². The summed E-state index contributed by atoms with van der Waals surface area (Å²) in [6.07, 6.45) is 2.74. The standard InChI is InChI=1S/C25H29ClN4OS/c1-16-17(2)30(20-10-7-9-19(26)15-20)18(3)22(16)24-23(21-11-5-6-12-27-21)28-25(32)29(24)13-8-14-31-4/h5-7,9-12,15,23-24H,8,13-14H2,1-4H3,(H,28,32)/t23-,24-/m1/s1. The molecule has 0 bridgehead atoms. The molecule has 0 spiro atoms. The molecule has 0 unspecified atom stereocenters. The van der Waals surface area contributed by atoms with Crippen molar-refractivity contribution in [2.45, 2.75) is 39.3 Å². The Morgan fingerprint density at radius 2 is 1.94 bits per heavy atom. The van der Waals surface area contributed by atoms with E-state index in [-0.39, 0.29) is 12.1 Å². The van der Waals surface area contributed by atoms with E-state index >= 15 is 0 Å². The molecule has 1 aromatic carbocycles. The van der Waals surface area contributed by atoms with Crippen LogP contribution in [0.25, 0.3) is 5.69 Å². The Morgan fingerprint density at radius 1 is 1.12 bits per heavy atom. The molecule has 3 heterocycles. The molecule has 4 rings (SSSR count). The number of aromatic nitrogens is 2. The van der Waals surface area contributed by atoms with Crippen LogP contribution in [0.2, 0.25) is 5.02 Å². The molecule has 1 fully saturated rings. The largest absolute Gasteiger partial charge is 0.385 e. The van der Waals surface area contributed by atoms with Crippen molar-refractivity contribution < 1.29 is 4.74 Å². The van der Waals surface area contributed by atoms with Crippen LogP contribution in [-0.4, -0.2) is 39.8 Å². The number of nitrogens with one attached hydrogen (secondary N) is 1. The molecule has 0 amide bonds. The smallest absolute Gasteiger partial charge is 0.170 e. The summed E-state index contributed by atoms with van der Waals surface area (Å²) >= 11 is 12.1. The normalized spacial score (nSPS) is 18.3. The van der Waals surface area contributed by atoms with Gasteiger partial charge in [0.2, 0.25) is 0 Å². The first-order chi connectivity index (χ1) is 15.4. The van der Waals surface area contributed by atoms with Gasteiger partial charge in [-0.2, -0.15) is 0 Å². The van der Waals surface area contributed by atoms with Gasteiger partial charge in [-0.05, 0) is 75.3 Å². The van der Waals surface area contributed by atoms with Gasteiger partial charge in [0.1, 0.15) is 0 Å². The molecular formula is C25H29ClN4OS. The number of halogens is 1. The third kappa shape index (κ3) is 4.15. The van der Waals surface area contributed by atoms with E-state index in [9.17, 15) is 0 Å². The highest BCUT2D eigenvalue weighted by Gasteiger charge is 2.42. The van der Waals surface area contributed by atoms with Crippen molar-refractivity contribution in [3.63, 3.8) is 0 Å². The van der Waals surface area contributed by atoms with E-state index in [1.807, 2.05) is 36.5 Å². The molecule has 5 nitrogen and oxygen atoms in total. The Bertz CT molecular complexity index is 1110. The fraction of sp³-hybridized carbons (Fsp3) is 0.360. The molecule has 7 heteroatoms. The van der Waals surface area contributed by atoms with Crippen LogP contribution in [0.5, 0.6) is 0 Å². The first-order valence-corrected chi connectivity index (χ1v) is 11.6. The van der Waals surface area contributed by atoms with Crippen molar-refractivity contribution in [2.24, 2.45) is 0 Å². The fourth-order valence-corrected chi connectivity index (χ4v) is 5.30. The maximum absolute atomic E-state index is 6.32. The van der Waals surface area contributed by atoms with E-state index < -0.39 is 0 Å². The maximum atomic E-state index is 6.32. The minimum atomic E-state index is -0.0294. The number of thiocarbonyl (C=S) groups is 1. The summed E-state index contributed by atoms with van der Waals surface area (Å²) in [5, 5.41) is 5.04. The van der Waals surface area contributed by atoms with Crippen LogP contribution in [0, 0.1) is 20.8 Å². The quantitative estimate of drug-likeness (QED) is 0.368. The number of pyridine rings is 1. The van der Waals surface area contributed by atoms with E-state index in [2.05, 4.69) is 52.7 Å². The highest BCUT2D eigenvalue weighted by molar-refractivity contribution is 7.80. The van der Waals surface area contributed by atoms with Crippen molar-refractivity contribution in [3.05, 3.63) is 81.9 Å². The molecule has 0 saturated carbocycles. The van der Waals surface area contributed by atoms with Gasteiger partial charge >= 0.3 is 0 Å². The Balaban J connectivity index is 1.85. The lowest BCUT2D eigenvalue weighted by Gasteiger charge is -2.29. The Kier molecular flexibility index (Phi) is 6.84. The van der Waals surface area contributed by atoms with Gasteiger partial charge < -0.3 is 19.5 Å². The molecule has 1 aliphatic rings. The Hall–Kier alpha value is -2.41. The Labute approximate surface area is 200 Å². The van der Waals surface area contributed by atoms with E-state index in [0.29, 0.717) is 6.61 Å². The highest BCUT2D eigenvalue weighted by atomic mass is 35.5. The molecule has 0 radical (unpaired) electrons. The van der Waals surface area contributed by atoms with Crippen LogP contribution in [0.3, 0.4) is 0 Å². The lowest BCUT2D eigenvalue weighted by atomic mass is 9.93. The van der Waals surface area contributed by atoms with Crippen LogP contribution >= 0.6 is 23.8 Å². The van der Waals surface area contributed by atoms with Crippen molar-refractivity contribution in [1.29, 1.82) is 0 Å². The number of ether oxygens (including phenoxy) is 1. The fourth-order valence-electron chi connectivity index (χ4n) is 4.78. The van der Waals surface area contributed by atoms with Gasteiger partial charge in [-0.3, -0.25) is 4.98 Å². The van der Waals surface area contributed by atoms with Crippen LogP contribution in [0.1, 0.15) is 46.7 Å². The van der Waals surface area contributed by atoms with Gasteiger partial charge in [-0.1, -0.05) is 23.7 Å². The van der Waals surface area contributed by atoms with Gasteiger partial charge in [-0.15, -0.1) is 0 Å². The summed E-state index contributed by atoms with van der Waals surface area (Å²) in [6.45, 7) is 8.05. The van der Waals surface area contributed by atoms with Gasteiger partial charge in [0.15, 0.2) is 5.11 Å². The number of nitrogens with zero attached hydrogens (tertiary/aromatic N) is 3. The van der Waals surface area contributed by atoms with Crippen LogP contribution in [0.4, 0.5) is 0 Å². The predicted molar refractivity (Wildman–Crippen MR) is 134 cm³/mol. The molecule has 32 heavy (non-hydrogen) atoms. The number of rotatable bonds is 7. The topological polar surface area (TPSA) is 42.3 Å². The average Bonchev–Trinajstić information content (AvgIpc) is 3.21. The van der Waals surface area contributed by atoms with E-state index in [0.717, 1.165) is 34.5 Å². The number of hydrogen-bond acceptors (Lipinski definition) is 3. The summed E-state index contributed by atoms with van der Waals surface area (Å²) in [4.78, 5) is 6.96.